The monoisotopic (exact) mass is 453 g/mol. The maximum Gasteiger partial charge on any atom is 0.243 e. The predicted octanol–water partition coefficient (Wildman–Crippen LogP) is 3.93. The minimum absolute atomic E-state index is 0.0959. The van der Waals surface area contributed by atoms with Crippen molar-refractivity contribution in [3.63, 3.8) is 0 Å². The Labute approximate surface area is 186 Å². The summed E-state index contributed by atoms with van der Waals surface area (Å²) in [6.07, 6.45) is 0. The van der Waals surface area contributed by atoms with Crippen molar-refractivity contribution in [2.24, 2.45) is 0 Å². The van der Waals surface area contributed by atoms with Crippen molar-refractivity contribution in [3.05, 3.63) is 101 Å². The van der Waals surface area contributed by atoms with E-state index in [1.54, 1.807) is 36.4 Å². The second kappa shape index (κ2) is 9.17. The van der Waals surface area contributed by atoms with Crippen LogP contribution in [0.15, 0.2) is 77.7 Å². The molecule has 3 aromatic rings. The van der Waals surface area contributed by atoms with Crippen LogP contribution in [0.1, 0.15) is 22.7 Å². The van der Waals surface area contributed by atoms with Gasteiger partial charge in [0.1, 0.15) is 11.6 Å². The number of nitrogens with zero attached hydrogens (tertiary/aromatic N) is 3. The lowest BCUT2D eigenvalue weighted by Gasteiger charge is -2.39. The predicted molar refractivity (Wildman–Crippen MR) is 116 cm³/mol. The molecule has 0 spiro atoms. The summed E-state index contributed by atoms with van der Waals surface area (Å²) in [5, 5.41) is 9.07. The molecule has 0 aromatic heterocycles. The van der Waals surface area contributed by atoms with Gasteiger partial charge < -0.3 is 0 Å². The van der Waals surface area contributed by atoms with E-state index in [2.05, 4.69) is 4.90 Å². The zero-order valence-corrected chi connectivity index (χ0v) is 18.0. The van der Waals surface area contributed by atoms with Crippen LogP contribution >= 0.6 is 0 Å². The molecule has 1 fully saturated rings. The van der Waals surface area contributed by atoms with Crippen LogP contribution < -0.4 is 0 Å². The quantitative estimate of drug-likeness (QED) is 0.587. The number of rotatable bonds is 5. The molecule has 0 N–H and O–H groups in total. The molecule has 4 rings (SSSR count). The molecule has 0 bridgehead atoms. The molecule has 0 unspecified atom stereocenters. The van der Waals surface area contributed by atoms with Gasteiger partial charge in [-0.25, -0.2) is 17.2 Å². The van der Waals surface area contributed by atoms with Gasteiger partial charge in [-0.2, -0.15) is 9.57 Å². The van der Waals surface area contributed by atoms with Gasteiger partial charge in [-0.3, -0.25) is 4.90 Å². The molecule has 0 saturated carbocycles. The summed E-state index contributed by atoms with van der Waals surface area (Å²) in [7, 11) is -3.73. The van der Waals surface area contributed by atoms with Gasteiger partial charge in [0, 0.05) is 26.2 Å². The van der Waals surface area contributed by atoms with E-state index >= 15 is 0 Å². The van der Waals surface area contributed by atoms with Crippen molar-refractivity contribution in [3.8, 4) is 6.07 Å². The number of sulfonamides is 1. The van der Waals surface area contributed by atoms with Gasteiger partial charge in [-0.15, -0.1) is 0 Å². The van der Waals surface area contributed by atoms with Crippen LogP contribution in [0.3, 0.4) is 0 Å². The highest BCUT2D eigenvalue weighted by Gasteiger charge is 2.32. The summed E-state index contributed by atoms with van der Waals surface area (Å²) < 4.78 is 54.5. The van der Waals surface area contributed by atoms with E-state index in [9.17, 15) is 17.2 Å². The Morgan fingerprint density at radius 2 is 1.34 bits per heavy atom. The highest BCUT2D eigenvalue weighted by atomic mass is 32.2. The molecule has 0 radical (unpaired) electrons. The Balaban J connectivity index is 1.58. The molecule has 0 amide bonds. The molecule has 1 aliphatic rings. The Kier molecular flexibility index (Phi) is 6.33. The second-order valence-corrected chi connectivity index (χ2v) is 9.52. The molecule has 8 heteroatoms. The normalized spacial score (nSPS) is 15.6. The number of benzene rings is 3. The van der Waals surface area contributed by atoms with Crippen LogP contribution in [0.4, 0.5) is 8.78 Å². The molecule has 32 heavy (non-hydrogen) atoms. The average Bonchev–Trinajstić information content (AvgIpc) is 2.82. The maximum absolute atomic E-state index is 13.5. The highest BCUT2D eigenvalue weighted by Crippen LogP contribution is 2.31. The molecule has 0 atom stereocenters. The summed E-state index contributed by atoms with van der Waals surface area (Å²) >= 11 is 0. The molecule has 164 valence electrons. The van der Waals surface area contributed by atoms with Crippen LogP contribution in [0, 0.1) is 23.0 Å². The van der Waals surface area contributed by atoms with Gasteiger partial charge in [-0.1, -0.05) is 30.3 Å². The van der Waals surface area contributed by atoms with E-state index in [0.717, 1.165) is 11.1 Å². The third kappa shape index (κ3) is 4.55. The van der Waals surface area contributed by atoms with E-state index in [1.165, 1.54) is 40.7 Å². The van der Waals surface area contributed by atoms with E-state index in [1.807, 2.05) is 6.07 Å². The topological polar surface area (TPSA) is 64.4 Å². The number of piperazine rings is 1. The lowest BCUT2D eigenvalue weighted by Crippen LogP contribution is -2.49. The zero-order valence-electron chi connectivity index (χ0n) is 17.2. The van der Waals surface area contributed by atoms with Crippen molar-refractivity contribution in [1.82, 2.24) is 9.21 Å². The van der Waals surface area contributed by atoms with Crippen molar-refractivity contribution in [2.45, 2.75) is 10.9 Å². The van der Waals surface area contributed by atoms with Crippen LogP contribution in [-0.4, -0.2) is 43.8 Å². The van der Waals surface area contributed by atoms with E-state index in [4.69, 9.17) is 5.26 Å². The standard InChI is InChI=1S/C24H21F2N3O2S/c25-21-8-4-19(5-9-21)24(20-6-10-22(26)11-7-20)28-12-14-29(15-13-28)32(30,31)23-3-1-2-18(16-23)17-27/h1-11,16,24H,12-15H2. The minimum atomic E-state index is -3.73. The largest absolute Gasteiger partial charge is 0.290 e. The average molecular weight is 454 g/mol. The van der Waals surface area contributed by atoms with Gasteiger partial charge in [0.25, 0.3) is 0 Å². The maximum atomic E-state index is 13.5. The molecule has 1 aliphatic heterocycles. The van der Waals surface area contributed by atoms with Gasteiger partial charge in [0.2, 0.25) is 10.0 Å². The summed E-state index contributed by atoms with van der Waals surface area (Å²) in [4.78, 5) is 2.21. The molecular weight excluding hydrogens is 432 g/mol. The van der Waals surface area contributed by atoms with Crippen LogP contribution in [0.25, 0.3) is 0 Å². The fourth-order valence-electron chi connectivity index (χ4n) is 3.98. The summed E-state index contributed by atoms with van der Waals surface area (Å²) in [5.74, 6) is -0.691. The first kappa shape index (κ1) is 22.1. The van der Waals surface area contributed by atoms with Gasteiger partial charge in [0.15, 0.2) is 0 Å². The summed E-state index contributed by atoms with van der Waals surface area (Å²) in [6.45, 7) is 1.41. The van der Waals surface area contributed by atoms with Crippen LogP contribution in [0.5, 0.6) is 0 Å². The lowest BCUT2D eigenvalue weighted by molar-refractivity contribution is 0.155. The highest BCUT2D eigenvalue weighted by molar-refractivity contribution is 7.89. The zero-order chi connectivity index (χ0) is 22.7. The Hall–Kier alpha value is -3.12. The fourth-order valence-corrected chi connectivity index (χ4v) is 5.45. The summed E-state index contributed by atoms with van der Waals surface area (Å²) in [5.41, 5.74) is 1.98. The number of hydrogen-bond acceptors (Lipinski definition) is 4. The Morgan fingerprint density at radius 3 is 1.84 bits per heavy atom. The third-order valence-corrected chi connectivity index (χ3v) is 7.51. The number of halogens is 2. The van der Waals surface area contributed by atoms with E-state index in [0.29, 0.717) is 13.1 Å². The van der Waals surface area contributed by atoms with Crippen molar-refractivity contribution >= 4 is 10.0 Å². The van der Waals surface area contributed by atoms with Crippen LogP contribution in [-0.2, 0) is 10.0 Å². The third-order valence-electron chi connectivity index (χ3n) is 5.61. The molecule has 1 saturated heterocycles. The number of hydrogen-bond donors (Lipinski definition) is 0. The van der Waals surface area contributed by atoms with Crippen molar-refractivity contribution in [2.75, 3.05) is 26.2 Å². The minimum Gasteiger partial charge on any atom is -0.290 e. The first-order valence-electron chi connectivity index (χ1n) is 10.1. The molecule has 3 aromatic carbocycles. The molecule has 0 aliphatic carbocycles. The van der Waals surface area contributed by atoms with Crippen molar-refractivity contribution < 1.29 is 17.2 Å². The summed E-state index contributed by atoms with van der Waals surface area (Å²) in [6, 6.07) is 20.0. The van der Waals surface area contributed by atoms with Gasteiger partial charge in [-0.05, 0) is 53.6 Å². The van der Waals surface area contributed by atoms with Gasteiger partial charge in [0.05, 0.1) is 22.6 Å². The molecule has 1 heterocycles. The Bertz CT molecular complexity index is 1190. The Morgan fingerprint density at radius 1 is 0.812 bits per heavy atom. The second-order valence-electron chi connectivity index (χ2n) is 7.59. The van der Waals surface area contributed by atoms with E-state index < -0.39 is 10.0 Å². The lowest BCUT2D eigenvalue weighted by atomic mass is 9.96. The first-order chi connectivity index (χ1) is 15.4. The molecule has 5 nitrogen and oxygen atoms in total. The van der Waals surface area contributed by atoms with E-state index in [-0.39, 0.29) is 41.2 Å². The molecular formula is C24H21F2N3O2S. The fraction of sp³-hybridized carbons (Fsp3) is 0.208. The first-order valence-corrected chi connectivity index (χ1v) is 11.6. The number of nitriles is 1. The smallest absolute Gasteiger partial charge is 0.243 e. The van der Waals surface area contributed by atoms with Gasteiger partial charge >= 0.3 is 0 Å². The van der Waals surface area contributed by atoms with Crippen molar-refractivity contribution in [1.29, 1.82) is 5.26 Å². The van der Waals surface area contributed by atoms with Crippen LogP contribution in [0.2, 0.25) is 0 Å². The SMILES string of the molecule is N#Cc1cccc(S(=O)(=O)N2CCN(C(c3ccc(F)cc3)c3ccc(F)cc3)CC2)c1.